The Morgan fingerprint density at radius 3 is 2.78 bits per heavy atom. The maximum Gasteiger partial charge on any atom is 0.328 e. The van der Waals surface area contributed by atoms with Crippen LogP contribution in [0, 0.1) is 5.92 Å². The smallest absolute Gasteiger partial charge is 0.328 e. The fraction of sp³-hybridized carbons (Fsp3) is 0.583. The molecular formula is C12H19N3O3. The van der Waals surface area contributed by atoms with Crippen LogP contribution in [0.25, 0.3) is 0 Å². The number of carbonyl (C=O) groups is 1. The summed E-state index contributed by atoms with van der Waals surface area (Å²) in [6, 6.07) is 1.18. The summed E-state index contributed by atoms with van der Waals surface area (Å²) < 4.78 is 10.0. The number of rotatable bonds is 6. The minimum Gasteiger partial charge on any atom is -0.478 e. The van der Waals surface area contributed by atoms with Crippen LogP contribution in [0.1, 0.15) is 20.8 Å². The normalized spacial score (nSPS) is 12.1. The van der Waals surface area contributed by atoms with Crippen molar-refractivity contribution in [2.45, 2.75) is 26.8 Å². The van der Waals surface area contributed by atoms with Crippen molar-refractivity contribution in [3.63, 3.8) is 0 Å². The average molecular weight is 253 g/mol. The molecule has 0 aliphatic carbocycles. The van der Waals surface area contributed by atoms with Gasteiger partial charge in [0.05, 0.1) is 13.7 Å². The summed E-state index contributed by atoms with van der Waals surface area (Å²) >= 11 is 0. The Morgan fingerprint density at radius 2 is 2.22 bits per heavy atom. The minimum atomic E-state index is -0.480. The molecule has 0 radical (unpaired) electrons. The van der Waals surface area contributed by atoms with E-state index in [1.165, 1.54) is 7.11 Å². The highest BCUT2D eigenvalue weighted by molar-refractivity contribution is 5.78. The first-order valence-corrected chi connectivity index (χ1v) is 5.88. The van der Waals surface area contributed by atoms with Gasteiger partial charge in [0.1, 0.15) is 6.04 Å². The van der Waals surface area contributed by atoms with E-state index in [1.807, 2.05) is 20.8 Å². The number of nitrogens with one attached hydrogen (secondary N) is 1. The van der Waals surface area contributed by atoms with Gasteiger partial charge in [-0.05, 0) is 12.8 Å². The Kier molecular flexibility index (Phi) is 5.35. The van der Waals surface area contributed by atoms with Crippen molar-refractivity contribution in [2.24, 2.45) is 5.92 Å². The van der Waals surface area contributed by atoms with Gasteiger partial charge in [-0.1, -0.05) is 13.8 Å². The van der Waals surface area contributed by atoms with E-state index >= 15 is 0 Å². The van der Waals surface area contributed by atoms with Gasteiger partial charge in [0.2, 0.25) is 11.8 Å². The predicted octanol–water partition coefficient (Wildman–Crippen LogP) is 1.48. The standard InChI is InChI=1S/C12H19N3O3/c1-5-18-9-6-7-13-12(14-9)15-10(8(2)3)11(16)17-4/h6-8,10H,5H2,1-4H3,(H,13,14,15). The van der Waals surface area contributed by atoms with E-state index in [2.05, 4.69) is 15.3 Å². The van der Waals surface area contributed by atoms with E-state index in [1.54, 1.807) is 12.3 Å². The SMILES string of the molecule is CCOc1ccnc(NC(C(=O)OC)C(C)C)n1. The highest BCUT2D eigenvalue weighted by Gasteiger charge is 2.23. The molecular weight excluding hydrogens is 234 g/mol. The molecule has 1 N–H and O–H groups in total. The summed E-state index contributed by atoms with van der Waals surface area (Å²) in [5.41, 5.74) is 0. The van der Waals surface area contributed by atoms with Crippen LogP contribution in [-0.4, -0.2) is 35.7 Å². The Bertz CT molecular complexity index is 396. The van der Waals surface area contributed by atoms with Crippen molar-refractivity contribution in [3.8, 4) is 5.88 Å². The molecule has 0 saturated heterocycles. The zero-order valence-electron chi connectivity index (χ0n) is 11.1. The van der Waals surface area contributed by atoms with Gasteiger partial charge in [0.15, 0.2) is 0 Å². The minimum absolute atomic E-state index is 0.0665. The fourth-order valence-electron chi connectivity index (χ4n) is 1.40. The lowest BCUT2D eigenvalue weighted by Crippen LogP contribution is -2.36. The van der Waals surface area contributed by atoms with Gasteiger partial charge in [-0.15, -0.1) is 0 Å². The predicted molar refractivity (Wildman–Crippen MR) is 67.5 cm³/mol. The number of carbonyl (C=O) groups excluding carboxylic acids is 1. The summed E-state index contributed by atoms with van der Waals surface area (Å²) in [4.78, 5) is 19.8. The monoisotopic (exact) mass is 253 g/mol. The second kappa shape index (κ2) is 6.78. The summed E-state index contributed by atoms with van der Waals surface area (Å²) in [5, 5.41) is 2.95. The Balaban J connectivity index is 2.80. The Labute approximate surface area is 107 Å². The quantitative estimate of drug-likeness (QED) is 0.774. The third-order valence-corrected chi connectivity index (χ3v) is 2.33. The molecule has 1 aromatic heterocycles. The van der Waals surface area contributed by atoms with Gasteiger partial charge in [0.25, 0.3) is 0 Å². The average Bonchev–Trinajstić information content (AvgIpc) is 2.35. The molecule has 6 nitrogen and oxygen atoms in total. The topological polar surface area (TPSA) is 73.3 Å². The largest absolute Gasteiger partial charge is 0.478 e. The van der Waals surface area contributed by atoms with E-state index < -0.39 is 6.04 Å². The Morgan fingerprint density at radius 1 is 1.50 bits per heavy atom. The number of anilines is 1. The van der Waals surface area contributed by atoms with Crippen molar-refractivity contribution in [1.29, 1.82) is 0 Å². The number of hydrogen-bond acceptors (Lipinski definition) is 6. The summed E-state index contributed by atoms with van der Waals surface area (Å²) in [6.45, 7) is 6.24. The zero-order chi connectivity index (χ0) is 13.5. The van der Waals surface area contributed by atoms with Crippen LogP contribution in [-0.2, 0) is 9.53 Å². The third-order valence-electron chi connectivity index (χ3n) is 2.33. The lowest BCUT2D eigenvalue weighted by Gasteiger charge is -2.19. The van der Waals surface area contributed by atoms with Crippen LogP contribution in [0.2, 0.25) is 0 Å². The lowest BCUT2D eigenvalue weighted by molar-refractivity contribution is -0.142. The molecule has 1 atom stereocenters. The lowest BCUT2D eigenvalue weighted by atomic mass is 10.1. The van der Waals surface area contributed by atoms with E-state index in [-0.39, 0.29) is 11.9 Å². The van der Waals surface area contributed by atoms with E-state index in [0.717, 1.165) is 0 Å². The number of methoxy groups -OCH3 is 1. The van der Waals surface area contributed by atoms with E-state index in [4.69, 9.17) is 9.47 Å². The fourth-order valence-corrected chi connectivity index (χ4v) is 1.40. The molecule has 0 saturated carbocycles. The van der Waals surface area contributed by atoms with Crippen molar-refractivity contribution in [3.05, 3.63) is 12.3 Å². The molecule has 100 valence electrons. The summed E-state index contributed by atoms with van der Waals surface area (Å²) in [5.74, 6) is 0.555. The van der Waals surface area contributed by atoms with Crippen LogP contribution in [0.3, 0.4) is 0 Å². The van der Waals surface area contributed by atoms with Crippen LogP contribution < -0.4 is 10.1 Å². The highest BCUT2D eigenvalue weighted by Crippen LogP contribution is 2.13. The van der Waals surface area contributed by atoms with Gasteiger partial charge in [-0.2, -0.15) is 4.98 Å². The third kappa shape index (κ3) is 3.87. The van der Waals surface area contributed by atoms with Gasteiger partial charge >= 0.3 is 5.97 Å². The Hall–Kier alpha value is -1.85. The zero-order valence-corrected chi connectivity index (χ0v) is 11.1. The van der Waals surface area contributed by atoms with Crippen molar-refractivity contribution >= 4 is 11.9 Å². The molecule has 0 fully saturated rings. The molecule has 1 heterocycles. The maximum absolute atomic E-state index is 11.6. The first-order valence-electron chi connectivity index (χ1n) is 5.88. The summed E-state index contributed by atoms with van der Waals surface area (Å²) in [7, 11) is 1.36. The number of aromatic nitrogens is 2. The molecule has 0 aliphatic heterocycles. The van der Waals surface area contributed by atoms with Crippen molar-refractivity contribution in [1.82, 2.24) is 9.97 Å². The number of hydrogen-bond donors (Lipinski definition) is 1. The molecule has 18 heavy (non-hydrogen) atoms. The first-order chi connectivity index (χ1) is 8.58. The number of esters is 1. The molecule has 1 aromatic rings. The molecule has 1 unspecified atom stereocenters. The van der Waals surface area contributed by atoms with Crippen molar-refractivity contribution < 1.29 is 14.3 Å². The van der Waals surface area contributed by atoms with E-state index in [9.17, 15) is 4.79 Å². The van der Waals surface area contributed by atoms with Crippen LogP contribution in [0.4, 0.5) is 5.95 Å². The number of ether oxygens (including phenoxy) is 2. The molecule has 6 heteroatoms. The van der Waals surface area contributed by atoms with Crippen LogP contribution in [0.5, 0.6) is 5.88 Å². The molecule has 0 spiro atoms. The van der Waals surface area contributed by atoms with Crippen LogP contribution in [0.15, 0.2) is 12.3 Å². The maximum atomic E-state index is 11.6. The van der Waals surface area contributed by atoms with Gasteiger partial charge < -0.3 is 14.8 Å². The van der Waals surface area contributed by atoms with Crippen molar-refractivity contribution in [2.75, 3.05) is 19.0 Å². The molecule has 0 aromatic carbocycles. The second-order valence-corrected chi connectivity index (χ2v) is 4.04. The first kappa shape index (κ1) is 14.2. The van der Waals surface area contributed by atoms with Gasteiger partial charge in [-0.3, -0.25) is 0 Å². The number of nitrogens with zero attached hydrogens (tertiary/aromatic N) is 2. The van der Waals surface area contributed by atoms with E-state index in [0.29, 0.717) is 18.4 Å². The van der Waals surface area contributed by atoms with Gasteiger partial charge in [-0.25, -0.2) is 9.78 Å². The molecule has 1 rings (SSSR count). The van der Waals surface area contributed by atoms with Crippen LogP contribution >= 0.6 is 0 Å². The molecule has 0 amide bonds. The molecule has 0 aliphatic rings. The highest BCUT2D eigenvalue weighted by atomic mass is 16.5. The second-order valence-electron chi connectivity index (χ2n) is 4.04. The van der Waals surface area contributed by atoms with Gasteiger partial charge in [0, 0.05) is 12.3 Å². The summed E-state index contributed by atoms with van der Waals surface area (Å²) in [6.07, 6.45) is 1.58. The molecule has 0 bridgehead atoms.